The normalized spacial score (nSPS) is 10.7. The van der Waals surface area contributed by atoms with E-state index < -0.39 is 0 Å². The van der Waals surface area contributed by atoms with Crippen molar-refractivity contribution in [1.82, 2.24) is 10.3 Å². The number of nitrogens with zero attached hydrogens (tertiary/aromatic N) is 1. The number of nitrogen functional groups attached to an aromatic ring is 1. The van der Waals surface area contributed by atoms with Crippen LogP contribution in [0.25, 0.3) is 10.2 Å². The van der Waals surface area contributed by atoms with E-state index in [2.05, 4.69) is 10.3 Å². The lowest BCUT2D eigenvalue weighted by Crippen LogP contribution is -2.22. The summed E-state index contributed by atoms with van der Waals surface area (Å²) in [6, 6.07) is 13.6. The van der Waals surface area contributed by atoms with E-state index in [0.717, 1.165) is 21.5 Å². The third-order valence-electron chi connectivity index (χ3n) is 3.24. The molecular weight excluding hydrogens is 282 g/mol. The van der Waals surface area contributed by atoms with Gasteiger partial charge < -0.3 is 11.1 Å². The number of fused-ring (bicyclic) bond motifs is 1. The van der Waals surface area contributed by atoms with Crippen molar-refractivity contribution in [2.24, 2.45) is 0 Å². The largest absolute Gasteiger partial charge is 0.397 e. The Morgan fingerprint density at radius 2 is 2.00 bits per heavy atom. The van der Waals surface area contributed by atoms with Crippen LogP contribution in [0.1, 0.15) is 20.9 Å². The van der Waals surface area contributed by atoms with Crippen LogP contribution < -0.4 is 11.1 Å². The predicted octanol–water partition coefficient (Wildman–Crippen LogP) is 3.12. The maximum absolute atomic E-state index is 12.3. The van der Waals surface area contributed by atoms with E-state index in [1.54, 1.807) is 0 Å². The number of hydrogen-bond acceptors (Lipinski definition) is 4. The number of nitrogens with two attached hydrogens (primary N) is 1. The molecule has 0 fully saturated rings. The highest BCUT2D eigenvalue weighted by Crippen LogP contribution is 2.32. The quantitative estimate of drug-likeness (QED) is 0.780. The molecule has 0 aliphatic rings. The van der Waals surface area contributed by atoms with Crippen LogP contribution in [0.5, 0.6) is 0 Å². The van der Waals surface area contributed by atoms with Crippen molar-refractivity contribution in [3.63, 3.8) is 0 Å². The summed E-state index contributed by atoms with van der Waals surface area (Å²) < 4.78 is 0. The van der Waals surface area contributed by atoms with Crippen LogP contribution in [-0.2, 0) is 6.54 Å². The summed E-state index contributed by atoms with van der Waals surface area (Å²) in [5.74, 6) is -0.156. The highest BCUT2D eigenvalue weighted by Gasteiger charge is 2.16. The molecule has 0 unspecified atom stereocenters. The number of thiophene rings is 1. The Labute approximate surface area is 126 Å². The fourth-order valence-electron chi connectivity index (χ4n) is 2.12. The highest BCUT2D eigenvalue weighted by atomic mass is 32.1. The van der Waals surface area contributed by atoms with Gasteiger partial charge in [-0.3, -0.25) is 4.79 Å². The standard InChI is InChI=1S/C16H15N3OS/c1-10-7-8-12-13(17)14(21-16(12)19-10)15(20)18-9-11-5-3-2-4-6-11/h2-8H,9,17H2,1H3,(H,18,20). The molecule has 3 rings (SSSR count). The van der Waals surface area contributed by atoms with Crippen LogP contribution in [0.15, 0.2) is 42.5 Å². The third-order valence-corrected chi connectivity index (χ3v) is 4.35. The Morgan fingerprint density at radius 1 is 1.24 bits per heavy atom. The highest BCUT2D eigenvalue weighted by molar-refractivity contribution is 7.21. The summed E-state index contributed by atoms with van der Waals surface area (Å²) in [5, 5.41) is 3.74. The number of hydrogen-bond donors (Lipinski definition) is 2. The van der Waals surface area contributed by atoms with Crippen LogP contribution in [-0.4, -0.2) is 10.9 Å². The fraction of sp³-hybridized carbons (Fsp3) is 0.125. The molecule has 1 amide bonds. The molecule has 2 aromatic heterocycles. The number of carbonyl (C=O) groups excluding carboxylic acids is 1. The molecule has 3 N–H and O–H groups in total. The van der Waals surface area contributed by atoms with Crippen LogP contribution >= 0.6 is 11.3 Å². The first-order valence-electron chi connectivity index (χ1n) is 6.63. The molecule has 0 spiro atoms. The number of amides is 1. The van der Waals surface area contributed by atoms with E-state index in [0.29, 0.717) is 17.1 Å². The Morgan fingerprint density at radius 3 is 2.76 bits per heavy atom. The number of aromatic nitrogens is 1. The molecule has 4 nitrogen and oxygen atoms in total. The van der Waals surface area contributed by atoms with Gasteiger partial charge in [0.15, 0.2) is 0 Å². The molecule has 5 heteroatoms. The average molecular weight is 297 g/mol. The maximum Gasteiger partial charge on any atom is 0.263 e. The molecule has 0 saturated heterocycles. The second kappa shape index (κ2) is 5.54. The van der Waals surface area contributed by atoms with Gasteiger partial charge in [-0.25, -0.2) is 4.98 Å². The number of pyridine rings is 1. The molecule has 0 saturated carbocycles. The maximum atomic E-state index is 12.3. The summed E-state index contributed by atoms with van der Waals surface area (Å²) in [6.45, 7) is 2.41. The number of anilines is 1. The molecular formula is C16H15N3OS. The van der Waals surface area contributed by atoms with E-state index in [1.807, 2.05) is 49.4 Å². The van der Waals surface area contributed by atoms with E-state index in [9.17, 15) is 4.79 Å². The fourth-order valence-corrected chi connectivity index (χ4v) is 3.17. The van der Waals surface area contributed by atoms with Crippen LogP contribution in [0.3, 0.4) is 0 Å². The number of aryl methyl sites for hydroxylation is 1. The monoisotopic (exact) mass is 297 g/mol. The first kappa shape index (κ1) is 13.6. The zero-order chi connectivity index (χ0) is 14.8. The third kappa shape index (κ3) is 2.73. The van der Waals surface area contributed by atoms with Gasteiger partial charge in [0.1, 0.15) is 9.71 Å². The summed E-state index contributed by atoms with van der Waals surface area (Å²) in [4.78, 5) is 18.0. The first-order valence-corrected chi connectivity index (χ1v) is 7.44. The van der Waals surface area contributed by atoms with Gasteiger partial charge in [-0.2, -0.15) is 0 Å². The lowest BCUT2D eigenvalue weighted by molar-refractivity contribution is 0.0956. The molecule has 21 heavy (non-hydrogen) atoms. The Kier molecular flexibility index (Phi) is 3.58. The van der Waals surface area contributed by atoms with Crippen LogP contribution in [0.4, 0.5) is 5.69 Å². The van der Waals surface area contributed by atoms with Crippen LogP contribution in [0, 0.1) is 6.92 Å². The molecule has 0 aliphatic heterocycles. The SMILES string of the molecule is Cc1ccc2c(N)c(C(=O)NCc3ccccc3)sc2n1. The molecule has 1 aromatic carbocycles. The molecule has 0 bridgehead atoms. The van der Waals surface area contributed by atoms with Gasteiger partial charge in [0.2, 0.25) is 0 Å². The van der Waals surface area contributed by atoms with Crippen LogP contribution in [0.2, 0.25) is 0 Å². The van der Waals surface area contributed by atoms with Gasteiger partial charge >= 0.3 is 0 Å². The van der Waals surface area contributed by atoms with E-state index in [4.69, 9.17) is 5.73 Å². The molecule has 2 heterocycles. The van der Waals surface area contributed by atoms with E-state index in [1.165, 1.54) is 11.3 Å². The van der Waals surface area contributed by atoms with Gasteiger partial charge in [0.25, 0.3) is 5.91 Å². The van der Waals surface area contributed by atoms with Crippen molar-refractivity contribution < 1.29 is 4.79 Å². The number of benzene rings is 1. The van der Waals surface area contributed by atoms with Gasteiger partial charge in [-0.15, -0.1) is 11.3 Å². The predicted molar refractivity (Wildman–Crippen MR) is 86.4 cm³/mol. The Hall–Kier alpha value is -2.40. The summed E-state index contributed by atoms with van der Waals surface area (Å²) in [7, 11) is 0. The van der Waals surface area contributed by atoms with E-state index in [-0.39, 0.29) is 5.91 Å². The summed E-state index contributed by atoms with van der Waals surface area (Å²) >= 11 is 1.33. The number of nitrogens with one attached hydrogen (secondary N) is 1. The smallest absolute Gasteiger partial charge is 0.263 e. The minimum atomic E-state index is -0.156. The van der Waals surface area contributed by atoms with Crippen molar-refractivity contribution in [2.75, 3.05) is 5.73 Å². The minimum absolute atomic E-state index is 0.156. The molecule has 0 aliphatic carbocycles. The van der Waals surface area contributed by atoms with Gasteiger partial charge in [-0.1, -0.05) is 30.3 Å². The molecule has 0 radical (unpaired) electrons. The zero-order valence-electron chi connectivity index (χ0n) is 11.6. The van der Waals surface area contributed by atoms with E-state index >= 15 is 0 Å². The van der Waals surface area contributed by atoms with Crippen molar-refractivity contribution >= 4 is 33.1 Å². The Balaban J connectivity index is 1.83. The topological polar surface area (TPSA) is 68.0 Å². The molecule has 3 aromatic rings. The number of rotatable bonds is 3. The minimum Gasteiger partial charge on any atom is -0.397 e. The lowest BCUT2D eigenvalue weighted by atomic mass is 10.2. The molecule has 0 atom stereocenters. The number of carbonyl (C=O) groups is 1. The van der Waals surface area contributed by atoms with Crippen molar-refractivity contribution in [3.8, 4) is 0 Å². The average Bonchev–Trinajstić information content (AvgIpc) is 2.82. The zero-order valence-corrected chi connectivity index (χ0v) is 12.4. The van der Waals surface area contributed by atoms with Crippen molar-refractivity contribution in [3.05, 3.63) is 58.6 Å². The van der Waals surface area contributed by atoms with Gasteiger partial charge in [-0.05, 0) is 24.6 Å². The molecule has 106 valence electrons. The van der Waals surface area contributed by atoms with Gasteiger partial charge in [0.05, 0.1) is 5.69 Å². The van der Waals surface area contributed by atoms with Gasteiger partial charge in [0, 0.05) is 17.6 Å². The first-order chi connectivity index (χ1) is 10.1. The van der Waals surface area contributed by atoms with Crippen molar-refractivity contribution in [1.29, 1.82) is 0 Å². The van der Waals surface area contributed by atoms with Crippen molar-refractivity contribution in [2.45, 2.75) is 13.5 Å². The second-order valence-electron chi connectivity index (χ2n) is 4.82. The summed E-state index contributed by atoms with van der Waals surface area (Å²) in [5.41, 5.74) is 8.55. The summed E-state index contributed by atoms with van der Waals surface area (Å²) in [6.07, 6.45) is 0. The lowest BCUT2D eigenvalue weighted by Gasteiger charge is -2.04. The Bertz CT molecular complexity index is 796. The second-order valence-corrected chi connectivity index (χ2v) is 5.82.